The Bertz CT molecular complexity index is 1880. The van der Waals surface area contributed by atoms with Crippen LogP contribution in [0.1, 0.15) is 32.4 Å². The van der Waals surface area contributed by atoms with Crippen molar-refractivity contribution >= 4 is 44.6 Å². The molecule has 6 aromatic rings. The molecule has 11 heteroatoms. The summed E-state index contributed by atoms with van der Waals surface area (Å²) in [6.07, 6.45) is 3.12. The number of nitrogen functional groups attached to an aromatic ring is 1. The molecular weight excluding hydrogens is 534 g/mol. The molecule has 2 N–H and O–H groups in total. The minimum atomic E-state index is -0.388. The second kappa shape index (κ2) is 9.79. The molecule has 0 bridgehead atoms. The van der Waals surface area contributed by atoms with Gasteiger partial charge in [-0.2, -0.15) is 5.10 Å². The topological polar surface area (TPSA) is 113 Å². The number of aromatic nitrogens is 6. The van der Waals surface area contributed by atoms with Crippen molar-refractivity contribution in [1.29, 1.82) is 0 Å². The van der Waals surface area contributed by atoms with Gasteiger partial charge in [0.15, 0.2) is 5.65 Å². The Kier molecular flexibility index (Phi) is 6.28. The molecule has 6 rings (SSSR count). The minimum absolute atomic E-state index is 0.00623. The van der Waals surface area contributed by atoms with Gasteiger partial charge in [-0.15, -0.1) is 11.3 Å². The number of rotatable bonds is 6. The van der Waals surface area contributed by atoms with Crippen LogP contribution in [0.25, 0.3) is 38.2 Å². The molecule has 0 aliphatic rings. The van der Waals surface area contributed by atoms with E-state index in [0.717, 1.165) is 21.5 Å². The Hall–Kier alpha value is -4.28. The average molecular weight is 558 g/mol. The molecule has 1 aromatic carbocycles. The average Bonchev–Trinajstić information content (AvgIpc) is 3.50. The fourth-order valence-corrected chi connectivity index (χ4v) is 5.87. The van der Waals surface area contributed by atoms with Crippen LogP contribution < -0.4 is 16.0 Å². The van der Waals surface area contributed by atoms with E-state index in [2.05, 4.69) is 15.0 Å². The van der Waals surface area contributed by atoms with Crippen LogP contribution in [0.2, 0.25) is 5.15 Å². The van der Waals surface area contributed by atoms with Crippen LogP contribution in [0.4, 0.5) is 5.82 Å². The molecule has 0 radical (unpaired) electrons. The van der Waals surface area contributed by atoms with Gasteiger partial charge in [-0.25, -0.2) is 19.6 Å². The van der Waals surface area contributed by atoms with E-state index in [1.54, 1.807) is 22.3 Å². The van der Waals surface area contributed by atoms with Crippen LogP contribution in [0.15, 0.2) is 71.2 Å². The van der Waals surface area contributed by atoms with E-state index in [9.17, 15) is 4.79 Å². The van der Waals surface area contributed by atoms with E-state index in [4.69, 9.17) is 27.2 Å². The molecule has 0 aliphatic carbocycles. The van der Waals surface area contributed by atoms with E-state index >= 15 is 0 Å². The number of thiazole rings is 1. The summed E-state index contributed by atoms with van der Waals surface area (Å²) in [5, 5.41) is 7.71. The fraction of sp³-hybridized carbons (Fsp3) is 0.179. The minimum Gasteiger partial charge on any atom is -0.475 e. The molecule has 0 spiro atoms. The molecule has 0 saturated heterocycles. The third kappa shape index (κ3) is 4.31. The molecule has 5 aromatic heterocycles. The van der Waals surface area contributed by atoms with E-state index in [0.29, 0.717) is 39.1 Å². The van der Waals surface area contributed by atoms with Gasteiger partial charge in [0.25, 0.3) is 5.56 Å². The molecule has 9 nitrogen and oxygen atoms in total. The Labute approximate surface area is 232 Å². The van der Waals surface area contributed by atoms with Crippen LogP contribution >= 0.6 is 22.9 Å². The summed E-state index contributed by atoms with van der Waals surface area (Å²) in [7, 11) is 0. The first kappa shape index (κ1) is 25.0. The van der Waals surface area contributed by atoms with Crippen LogP contribution in [-0.2, 0) is 0 Å². The van der Waals surface area contributed by atoms with Gasteiger partial charge in [0, 0.05) is 23.2 Å². The largest absolute Gasteiger partial charge is 0.475 e. The van der Waals surface area contributed by atoms with Crippen molar-refractivity contribution < 1.29 is 4.74 Å². The van der Waals surface area contributed by atoms with Crippen molar-refractivity contribution in [3.05, 3.63) is 87.5 Å². The Morgan fingerprint density at radius 1 is 1.03 bits per heavy atom. The summed E-state index contributed by atoms with van der Waals surface area (Å²) in [6, 6.07) is 14.8. The lowest BCUT2D eigenvalue weighted by Gasteiger charge is -2.18. The maximum Gasteiger partial charge on any atom is 0.265 e. The first-order chi connectivity index (χ1) is 18.8. The van der Waals surface area contributed by atoms with Gasteiger partial charge in [-0.1, -0.05) is 41.9 Å². The molecule has 39 heavy (non-hydrogen) atoms. The molecule has 0 fully saturated rings. The number of fused-ring (bicyclic) bond motifs is 2. The number of nitrogens with zero attached hydrogens (tertiary/aromatic N) is 6. The highest BCUT2D eigenvalue weighted by molar-refractivity contribution is 7.16. The zero-order valence-electron chi connectivity index (χ0n) is 21.4. The Morgan fingerprint density at radius 3 is 2.54 bits per heavy atom. The predicted octanol–water partition coefficient (Wildman–Crippen LogP) is 5.86. The quantitative estimate of drug-likeness (QED) is 0.273. The highest BCUT2D eigenvalue weighted by atomic mass is 35.5. The fourth-order valence-electron chi connectivity index (χ4n) is 4.71. The molecule has 0 aliphatic heterocycles. The SMILES string of the molecule is CC(C)Oc1ccc(-c2nn([C@@H](C)c3cc4scc(Cl)n4c(=O)c3-c3ccccc3)c3ncnc(N)c23)cn1. The van der Waals surface area contributed by atoms with Gasteiger partial charge in [-0.3, -0.25) is 9.20 Å². The number of benzene rings is 1. The number of halogens is 1. The van der Waals surface area contributed by atoms with Crippen molar-refractivity contribution in [2.24, 2.45) is 0 Å². The zero-order valence-corrected chi connectivity index (χ0v) is 22.9. The zero-order chi connectivity index (χ0) is 27.3. The summed E-state index contributed by atoms with van der Waals surface area (Å²) in [6.45, 7) is 5.88. The molecular formula is C28H24ClN7O2S. The normalized spacial score (nSPS) is 12.4. The smallest absolute Gasteiger partial charge is 0.265 e. The van der Waals surface area contributed by atoms with Crippen molar-refractivity contribution in [3.63, 3.8) is 0 Å². The van der Waals surface area contributed by atoms with Gasteiger partial charge < -0.3 is 10.5 Å². The summed E-state index contributed by atoms with van der Waals surface area (Å²) in [5.41, 5.74) is 10.2. The van der Waals surface area contributed by atoms with Crippen LogP contribution in [-0.4, -0.2) is 35.2 Å². The van der Waals surface area contributed by atoms with Gasteiger partial charge in [-0.05, 0) is 44.0 Å². The Morgan fingerprint density at radius 2 is 1.82 bits per heavy atom. The monoisotopic (exact) mass is 557 g/mol. The van der Waals surface area contributed by atoms with Crippen molar-refractivity contribution in [3.8, 4) is 28.3 Å². The van der Waals surface area contributed by atoms with Crippen molar-refractivity contribution in [2.45, 2.75) is 32.9 Å². The van der Waals surface area contributed by atoms with Gasteiger partial charge in [0.05, 0.1) is 23.1 Å². The second-order valence-corrected chi connectivity index (χ2v) is 10.6. The van der Waals surface area contributed by atoms with Crippen LogP contribution in [0, 0.1) is 0 Å². The first-order valence-corrected chi connectivity index (χ1v) is 13.6. The van der Waals surface area contributed by atoms with E-state index in [1.807, 2.05) is 63.2 Å². The Balaban J connectivity index is 1.57. The molecule has 0 saturated carbocycles. The van der Waals surface area contributed by atoms with Crippen LogP contribution in [0.3, 0.4) is 0 Å². The lowest BCUT2D eigenvalue weighted by atomic mass is 9.97. The maximum atomic E-state index is 13.8. The third-order valence-corrected chi connectivity index (χ3v) is 7.75. The lowest BCUT2D eigenvalue weighted by molar-refractivity contribution is 0.232. The van der Waals surface area contributed by atoms with E-state index < -0.39 is 0 Å². The highest BCUT2D eigenvalue weighted by Crippen LogP contribution is 2.36. The van der Waals surface area contributed by atoms with Crippen LogP contribution in [0.5, 0.6) is 5.88 Å². The molecule has 0 unspecified atom stereocenters. The highest BCUT2D eigenvalue weighted by Gasteiger charge is 2.25. The number of pyridine rings is 2. The molecule has 196 valence electrons. The summed E-state index contributed by atoms with van der Waals surface area (Å²) in [4.78, 5) is 27.8. The summed E-state index contributed by atoms with van der Waals surface area (Å²) >= 11 is 7.81. The number of hydrogen-bond donors (Lipinski definition) is 1. The summed E-state index contributed by atoms with van der Waals surface area (Å²) < 4.78 is 9.01. The van der Waals surface area contributed by atoms with E-state index in [1.165, 1.54) is 22.1 Å². The predicted molar refractivity (Wildman–Crippen MR) is 155 cm³/mol. The molecule has 5 heterocycles. The maximum absolute atomic E-state index is 13.8. The lowest BCUT2D eigenvalue weighted by Crippen LogP contribution is -2.20. The van der Waals surface area contributed by atoms with Crippen molar-refractivity contribution in [1.82, 2.24) is 29.1 Å². The van der Waals surface area contributed by atoms with Gasteiger partial charge in [0.1, 0.15) is 27.8 Å². The van der Waals surface area contributed by atoms with Crippen molar-refractivity contribution in [2.75, 3.05) is 5.73 Å². The third-order valence-electron chi connectivity index (χ3n) is 6.46. The molecule has 1 atom stereocenters. The number of anilines is 1. The second-order valence-electron chi connectivity index (χ2n) is 9.36. The summed E-state index contributed by atoms with van der Waals surface area (Å²) in [5.74, 6) is 0.825. The van der Waals surface area contributed by atoms with Gasteiger partial charge in [0.2, 0.25) is 5.88 Å². The standard InChI is InChI=1S/C28H24ClN7O2S/c1-15(2)38-21-10-9-18(12-31-21)25-24-26(30)32-14-33-27(24)36(34-25)16(3)19-11-22-35(20(29)13-39-22)28(37)23(19)17-7-5-4-6-8-17/h4-16H,1-3H3,(H2,30,32,33)/t16-/m0/s1. The number of ether oxygens (including phenoxy) is 1. The van der Waals surface area contributed by atoms with E-state index in [-0.39, 0.29) is 17.7 Å². The molecule has 0 amide bonds. The van der Waals surface area contributed by atoms with Gasteiger partial charge >= 0.3 is 0 Å². The number of nitrogens with two attached hydrogens (primary N) is 1. The number of hydrogen-bond acceptors (Lipinski definition) is 8. The first-order valence-electron chi connectivity index (χ1n) is 12.3.